The van der Waals surface area contributed by atoms with E-state index in [-0.39, 0.29) is 11.5 Å². The average Bonchev–Trinajstić information content (AvgIpc) is 3.00. The van der Waals surface area contributed by atoms with Gasteiger partial charge >= 0.3 is 0 Å². The smallest absolute Gasteiger partial charge is 0.264 e. The van der Waals surface area contributed by atoms with Crippen molar-refractivity contribution in [1.82, 2.24) is 29.5 Å². The summed E-state index contributed by atoms with van der Waals surface area (Å²) in [5.41, 5.74) is 0.505. The Labute approximate surface area is 140 Å². The zero-order valence-corrected chi connectivity index (χ0v) is 13.8. The molecule has 0 aromatic carbocycles. The number of hydrogen-bond acceptors (Lipinski definition) is 5. The second-order valence-electron chi connectivity index (χ2n) is 6.02. The van der Waals surface area contributed by atoms with Crippen molar-refractivity contribution in [2.45, 2.75) is 19.4 Å². The van der Waals surface area contributed by atoms with Gasteiger partial charge in [-0.25, -0.2) is 10.1 Å². The molecule has 1 N–H and O–H groups in total. The van der Waals surface area contributed by atoms with E-state index in [2.05, 4.69) is 20.1 Å². The number of imidazole rings is 1. The van der Waals surface area contributed by atoms with Crippen LogP contribution in [-0.4, -0.2) is 61.6 Å². The highest BCUT2D eigenvalue weighted by atomic mass is 16.2. The molecule has 24 heavy (non-hydrogen) atoms. The van der Waals surface area contributed by atoms with E-state index >= 15 is 0 Å². The lowest BCUT2D eigenvalue weighted by atomic mass is 10.2. The molecule has 8 heteroatoms. The van der Waals surface area contributed by atoms with Gasteiger partial charge in [0, 0.05) is 64.5 Å². The number of amides is 1. The quantitative estimate of drug-likeness (QED) is 0.819. The number of carbonyl (C=O) groups excluding carboxylic acids is 1. The van der Waals surface area contributed by atoms with Crippen LogP contribution >= 0.6 is 0 Å². The summed E-state index contributed by atoms with van der Waals surface area (Å²) >= 11 is 0. The van der Waals surface area contributed by atoms with Crippen molar-refractivity contribution >= 4 is 5.91 Å². The third kappa shape index (κ3) is 4.08. The first-order valence-corrected chi connectivity index (χ1v) is 8.13. The molecule has 0 unspecified atom stereocenters. The van der Waals surface area contributed by atoms with E-state index in [0.717, 1.165) is 44.2 Å². The first kappa shape index (κ1) is 16.4. The van der Waals surface area contributed by atoms with Crippen molar-refractivity contribution in [1.29, 1.82) is 0 Å². The summed E-state index contributed by atoms with van der Waals surface area (Å²) in [5.74, 6) is 1.18. The fourth-order valence-corrected chi connectivity index (χ4v) is 2.81. The Morgan fingerprint density at radius 3 is 2.67 bits per heavy atom. The predicted octanol–water partition coefficient (Wildman–Crippen LogP) is -0.220. The first-order valence-electron chi connectivity index (χ1n) is 8.13. The normalized spacial score (nSPS) is 15.6. The topological polar surface area (TPSA) is 87.1 Å². The molecule has 0 aliphatic carbocycles. The minimum atomic E-state index is -0.228. The lowest BCUT2D eigenvalue weighted by molar-refractivity contribution is -0.133. The number of piperazine rings is 1. The molecular formula is C16H22N6O2. The lowest BCUT2D eigenvalue weighted by Crippen LogP contribution is -2.48. The second kappa shape index (κ2) is 7.39. The highest BCUT2D eigenvalue weighted by Crippen LogP contribution is 2.09. The summed E-state index contributed by atoms with van der Waals surface area (Å²) in [6, 6.07) is 3.10. The van der Waals surface area contributed by atoms with Crippen molar-refractivity contribution < 1.29 is 4.79 Å². The van der Waals surface area contributed by atoms with Gasteiger partial charge in [0.25, 0.3) is 5.56 Å². The molecule has 128 valence electrons. The number of H-pyrrole nitrogens is 1. The number of aromatic nitrogens is 4. The molecule has 0 radical (unpaired) electrons. The molecule has 1 fully saturated rings. The number of aryl methyl sites for hydroxylation is 2. The number of nitrogens with zero attached hydrogens (tertiary/aromatic N) is 5. The first-order chi connectivity index (χ1) is 11.6. The molecule has 8 nitrogen and oxygen atoms in total. The average molecular weight is 330 g/mol. The fourth-order valence-electron chi connectivity index (χ4n) is 2.81. The van der Waals surface area contributed by atoms with Gasteiger partial charge in [-0.05, 0) is 6.07 Å². The Kier molecular flexibility index (Phi) is 5.05. The van der Waals surface area contributed by atoms with E-state index in [9.17, 15) is 9.59 Å². The van der Waals surface area contributed by atoms with Crippen LogP contribution in [0.1, 0.15) is 17.9 Å². The summed E-state index contributed by atoms with van der Waals surface area (Å²) in [7, 11) is 1.99. The van der Waals surface area contributed by atoms with Gasteiger partial charge in [-0.2, -0.15) is 5.10 Å². The van der Waals surface area contributed by atoms with Gasteiger partial charge in [-0.1, -0.05) is 0 Å². The van der Waals surface area contributed by atoms with Gasteiger partial charge in [0.05, 0.1) is 12.2 Å². The van der Waals surface area contributed by atoms with E-state index in [4.69, 9.17) is 0 Å². The van der Waals surface area contributed by atoms with Crippen LogP contribution in [0.15, 0.2) is 29.3 Å². The van der Waals surface area contributed by atoms with Crippen molar-refractivity contribution in [2.24, 2.45) is 7.05 Å². The zero-order chi connectivity index (χ0) is 16.9. The van der Waals surface area contributed by atoms with Crippen molar-refractivity contribution in [3.05, 3.63) is 46.4 Å². The number of rotatable bonds is 5. The van der Waals surface area contributed by atoms with E-state index in [1.807, 2.05) is 22.7 Å². The summed E-state index contributed by atoms with van der Waals surface area (Å²) in [6.45, 7) is 4.00. The van der Waals surface area contributed by atoms with Crippen molar-refractivity contribution in [2.75, 3.05) is 26.2 Å². The van der Waals surface area contributed by atoms with E-state index in [1.54, 1.807) is 12.3 Å². The maximum atomic E-state index is 12.3. The fraction of sp³-hybridized carbons (Fsp3) is 0.500. The van der Waals surface area contributed by atoms with Gasteiger partial charge in [0.2, 0.25) is 5.91 Å². The maximum absolute atomic E-state index is 12.3. The maximum Gasteiger partial charge on any atom is 0.264 e. The Bertz CT molecular complexity index is 725. The number of aromatic amines is 1. The van der Waals surface area contributed by atoms with Gasteiger partial charge in [-0.15, -0.1) is 0 Å². The van der Waals surface area contributed by atoms with Crippen molar-refractivity contribution in [3.8, 4) is 0 Å². The number of hydrogen-bond donors (Lipinski definition) is 1. The van der Waals surface area contributed by atoms with E-state index in [0.29, 0.717) is 12.8 Å². The molecule has 1 aliphatic rings. The van der Waals surface area contributed by atoms with Crippen LogP contribution < -0.4 is 5.56 Å². The van der Waals surface area contributed by atoms with Crippen LogP contribution in [0.4, 0.5) is 0 Å². The summed E-state index contributed by atoms with van der Waals surface area (Å²) < 4.78 is 2.02. The molecule has 0 spiro atoms. The third-order valence-corrected chi connectivity index (χ3v) is 4.34. The molecule has 2 aromatic heterocycles. The molecule has 3 rings (SSSR count). The molecular weight excluding hydrogens is 308 g/mol. The molecule has 0 bridgehead atoms. The Hall–Kier alpha value is -2.48. The van der Waals surface area contributed by atoms with Crippen LogP contribution in [0.25, 0.3) is 0 Å². The van der Waals surface area contributed by atoms with Crippen LogP contribution in [0.3, 0.4) is 0 Å². The van der Waals surface area contributed by atoms with Crippen LogP contribution in [-0.2, 0) is 24.8 Å². The molecule has 0 saturated carbocycles. The molecule has 2 aromatic rings. The predicted molar refractivity (Wildman–Crippen MR) is 88.2 cm³/mol. The van der Waals surface area contributed by atoms with Crippen LogP contribution in [0.5, 0.6) is 0 Å². The second-order valence-corrected chi connectivity index (χ2v) is 6.02. The Morgan fingerprint density at radius 1 is 1.25 bits per heavy atom. The summed E-state index contributed by atoms with van der Waals surface area (Å²) in [4.78, 5) is 31.8. The largest absolute Gasteiger partial charge is 0.340 e. The minimum Gasteiger partial charge on any atom is -0.340 e. The summed E-state index contributed by atoms with van der Waals surface area (Å²) in [5, 5.41) is 6.32. The number of carbonyl (C=O) groups is 1. The SMILES string of the molecule is Cn1ccnc1CN1CCN(C(=O)CCc2ccc(=O)[nH]n2)CC1. The standard InChI is InChI=1S/C16H22N6O2/c1-20-7-6-17-14(20)12-21-8-10-22(11-9-21)16(24)5-3-13-2-4-15(23)19-18-13/h2,4,6-7H,3,5,8-12H2,1H3,(H,19,23). The monoisotopic (exact) mass is 330 g/mol. The minimum absolute atomic E-state index is 0.139. The van der Waals surface area contributed by atoms with Gasteiger partial charge in [0.15, 0.2) is 0 Å². The molecule has 0 atom stereocenters. The van der Waals surface area contributed by atoms with Gasteiger partial charge < -0.3 is 9.47 Å². The van der Waals surface area contributed by atoms with Gasteiger partial charge in [0.1, 0.15) is 5.82 Å². The zero-order valence-electron chi connectivity index (χ0n) is 13.8. The molecule has 1 saturated heterocycles. The Balaban J connectivity index is 1.44. The van der Waals surface area contributed by atoms with E-state index in [1.165, 1.54) is 6.07 Å². The molecule has 1 aliphatic heterocycles. The highest BCUT2D eigenvalue weighted by Gasteiger charge is 2.21. The van der Waals surface area contributed by atoms with Crippen LogP contribution in [0, 0.1) is 0 Å². The van der Waals surface area contributed by atoms with E-state index < -0.39 is 0 Å². The summed E-state index contributed by atoms with van der Waals surface area (Å²) in [6.07, 6.45) is 4.71. The van der Waals surface area contributed by atoms with Crippen molar-refractivity contribution in [3.63, 3.8) is 0 Å². The lowest BCUT2D eigenvalue weighted by Gasteiger charge is -2.34. The third-order valence-electron chi connectivity index (χ3n) is 4.34. The highest BCUT2D eigenvalue weighted by molar-refractivity contribution is 5.76. The number of nitrogens with one attached hydrogen (secondary N) is 1. The molecule has 1 amide bonds. The Morgan fingerprint density at radius 2 is 2.04 bits per heavy atom. The van der Waals surface area contributed by atoms with Gasteiger partial charge in [-0.3, -0.25) is 14.5 Å². The molecule has 3 heterocycles. The van der Waals surface area contributed by atoms with Crippen LogP contribution in [0.2, 0.25) is 0 Å².